The minimum absolute atomic E-state index is 0.177. The van der Waals surface area contributed by atoms with Crippen LogP contribution in [-0.4, -0.2) is 37.6 Å². The van der Waals surface area contributed by atoms with Crippen LogP contribution < -0.4 is 5.32 Å². The quantitative estimate of drug-likeness (QED) is 0.834. The number of hydrogen-bond donors (Lipinski definition) is 1. The van der Waals surface area contributed by atoms with Gasteiger partial charge in [0.05, 0.1) is 0 Å². The molecule has 0 unspecified atom stereocenters. The molecule has 86 valence electrons. The largest absolute Gasteiger partial charge is 0.314 e. The average Bonchev–Trinajstić information content (AvgIpc) is 2.30. The van der Waals surface area contributed by atoms with E-state index in [1.165, 1.54) is 6.07 Å². The van der Waals surface area contributed by atoms with Gasteiger partial charge < -0.3 is 5.32 Å². The normalized spacial score (nSPS) is 18.1. The Hall–Kier alpha value is -1.19. The third-order valence-corrected chi connectivity index (χ3v) is 2.73. The second kappa shape index (κ2) is 5.77. The van der Waals surface area contributed by atoms with Crippen LogP contribution in [0.15, 0.2) is 30.3 Å². The number of nitrogens with one attached hydrogen (secondary N) is 1. The van der Waals surface area contributed by atoms with E-state index in [4.69, 9.17) is 0 Å². The summed E-state index contributed by atoms with van der Waals surface area (Å²) < 4.78 is 12.9. The number of benzene rings is 1. The molecule has 1 heterocycles. The fourth-order valence-corrected chi connectivity index (χ4v) is 1.84. The molecule has 1 fully saturated rings. The lowest BCUT2D eigenvalue weighted by Gasteiger charge is -2.25. The highest BCUT2D eigenvalue weighted by Crippen LogP contribution is 2.05. The summed E-state index contributed by atoms with van der Waals surface area (Å²) in [6.07, 6.45) is 4.07. The molecule has 1 aliphatic rings. The molecule has 1 N–H and O–H groups in total. The van der Waals surface area contributed by atoms with Crippen molar-refractivity contribution in [2.75, 3.05) is 32.7 Å². The van der Waals surface area contributed by atoms with E-state index in [0.717, 1.165) is 38.3 Å². The average molecular weight is 220 g/mol. The lowest BCUT2D eigenvalue weighted by atomic mass is 10.2. The predicted octanol–water partition coefficient (Wildman–Crippen LogP) is 1.74. The van der Waals surface area contributed by atoms with Crippen LogP contribution in [0.25, 0.3) is 6.08 Å². The van der Waals surface area contributed by atoms with Gasteiger partial charge in [-0.25, -0.2) is 4.39 Å². The number of piperazine rings is 1. The van der Waals surface area contributed by atoms with Crippen molar-refractivity contribution < 1.29 is 4.39 Å². The van der Waals surface area contributed by atoms with Crippen LogP contribution in [-0.2, 0) is 0 Å². The van der Waals surface area contributed by atoms with Crippen molar-refractivity contribution in [1.82, 2.24) is 10.2 Å². The lowest BCUT2D eigenvalue weighted by molar-refractivity contribution is 0.265. The first-order valence-corrected chi connectivity index (χ1v) is 5.70. The highest BCUT2D eigenvalue weighted by molar-refractivity contribution is 5.49. The van der Waals surface area contributed by atoms with Crippen molar-refractivity contribution in [3.8, 4) is 0 Å². The number of nitrogens with zero attached hydrogens (tertiary/aromatic N) is 1. The van der Waals surface area contributed by atoms with Gasteiger partial charge in [-0.3, -0.25) is 4.90 Å². The van der Waals surface area contributed by atoms with Crippen LogP contribution in [0.3, 0.4) is 0 Å². The second-order valence-corrected chi connectivity index (χ2v) is 4.01. The molecule has 0 spiro atoms. The van der Waals surface area contributed by atoms with Gasteiger partial charge in [-0.05, 0) is 17.7 Å². The van der Waals surface area contributed by atoms with Gasteiger partial charge in [-0.15, -0.1) is 0 Å². The molecule has 0 radical (unpaired) electrons. The third-order valence-electron chi connectivity index (χ3n) is 2.73. The molecule has 1 aromatic rings. The van der Waals surface area contributed by atoms with Gasteiger partial charge in [0.2, 0.25) is 0 Å². The maximum absolute atomic E-state index is 12.9. The Morgan fingerprint density at radius 3 is 2.88 bits per heavy atom. The molecular formula is C13H17FN2. The molecule has 16 heavy (non-hydrogen) atoms. The lowest BCUT2D eigenvalue weighted by Crippen LogP contribution is -2.43. The van der Waals surface area contributed by atoms with Crippen LogP contribution in [0.4, 0.5) is 4.39 Å². The van der Waals surface area contributed by atoms with Gasteiger partial charge in [0.15, 0.2) is 0 Å². The molecule has 0 aromatic heterocycles. The SMILES string of the molecule is Fc1cccc(/C=C/CN2CCNCC2)c1. The van der Waals surface area contributed by atoms with Crippen molar-refractivity contribution in [3.63, 3.8) is 0 Å². The summed E-state index contributed by atoms with van der Waals surface area (Å²) in [7, 11) is 0. The van der Waals surface area contributed by atoms with Crippen LogP contribution in [0.2, 0.25) is 0 Å². The Morgan fingerprint density at radius 1 is 1.31 bits per heavy atom. The predicted molar refractivity (Wildman–Crippen MR) is 64.7 cm³/mol. The van der Waals surface area contributed by atoms with Gasteiger partial charge in [0.25, 0.3) is 0 Å². The molecule has 0 saturated carbocycles. The van der Waals surface area contributed by atoms with Gasteiger partial charge in [-0.2, -0.15) is 0 Å². The molecule has 1 aliphatic heterocycles. The van der Waals surface area contributed by atoms with E-state index in [-0.39, 0.29) is 5.82 Å². The molecule has 3 heteroatoms. The monoisotopic (exact) mass is 220 g/mol. The first kappa shape index (κ1) is 11.3. The third kappa shape index (κ3) is 3.43. The summed E-state index contributed by atoms with van der Waals surface area (Å²) in [5, 5.41) is 3.31. The minimum Gasteiger partial charge on any atom is -0.314 e. The number of rotatable bonds is 3. The first-order chi connectivity index (χ1) is 7.84. The topological polar surface area (TPSA) is 15.3 Å². The zero-order chi connectivity index (χ0) is 11.2. The van der Waals surface area contributed by atoms with Crippen molar-refractivity contribution in [1.29, 1.82) is 0 Å². The zero-order valence-electron chi connectivity index (χ0n) is 9.32. The Kier molecular flexibility index (Phi) is 4.08. The first-order valence-electron chi connectivity index (χ1n) is 5.70. The Morgan fingerprint density at radius 2 is 2.12 bits per heavy atom. The molecule has 0 aliphatic carbocycles. The molecule has 1 saturated heterocycles. The fourth-order valence-electron chi connectivity index (χ4n) is 1.84. The van der Waals surface area contributed by atoms with E-state index in [9.17, 15) is 4.39 Å². The molecule has 2 rings (SSSR count). The van der Waals surface area contributed by atoms with E-state index in [0.29, 0.717) is 0 Å². The van der Waals surface area contributed by atoms with Crippen molar-refractivity contribution in [2.45, 2.75) is 0 Å². The Balaban J connectivity index is 1.84. The van der Waals surface area contributed by atoms with Gasteiger partial charge in [0.1, 0.15) is 5.82 Å². The molecule has 0 amide bonds. The maximum atomic E-state index is 12.9. The van der Waals surface area contributed by atoms with Crippen LogP contribution in [0.1, 0.15) is 5.56 Å². The molecule has 0 atom stereocenters. The summed E-state index contributed by atoms with van der Waals surface area (Å²) in [6, 6.07) is 6.67. The molecule has 2 nitrogen and oxygen atoms in total. The fraction of sp³-hybridized carbons (Fsp3) is 0.385. The van der Waals surface area contributed by atoms with Gasteiger partial charge in [-0.1, -0.05) is 24.3 Å². The van der Waals surface area contributed by atoms with Crippen LogP contribution >= 0.6 is 0 Å². The Bertz CT molecular complexity index is 357. The van der Waals surface area contributed by atoms with Crippen molar-refractivity contribution in [3.05, 3.63) is 41.7 Å². The van der Waals surface area contributed by atoms with Gasteiger partial charge >= 0.3 is 0 Å². The Labute approximate surface area is 95.8 Å². The highest BCUT2D eigenvalue weighted by atomic mass is 19.1. The summed E-state index contributed by atoms with van der Waals surface area (Å²) in [6.45, 7) is 5.25. The summed E-state index contributed by atoms with van der Waals surface area (Å²) in [5.74, 6) is -0.177. The van der Waals surface area contributed by atoms with E-state index in [1.807, 2.05) is 12.1 Å². The van der Waals surface area contributed by atoms with Crippen molar-refractivity contribution >= 4 is 6.08 Å². The molecule has 1 aromatic carbocycles. The van der Waals surface area contributed by atoms with E-state index in [2.05, 4.69) is 16.3 Å². The van der Waals surface area contributed by atoms with Crippen LogP contribution in [0.5, 0.6) is 0 Å². The number of halogens is 1. The van der Waals surface area contributed by atoms with Crippen LogP contribution in [0, 0.1) is 5.82 Å². The van der Waals surface area contributed by atoms with Crippen molar-refractivity contribution in [2.24, 2.45) is 0 Å². The maximum Gasteiger partial charge on any atom is 0.123 e. The number of hydrogen-bond acceptors (Lipinski definition) is 2. The van der Waals surface area contributed by atoms with E-state index >= 15 is 0 Å². The molecule has 0 bridgehead atoms. The van der Waals surface area contributed by atoms with E-state index in [1.54, 1.807) is 12.1 Å². The van der Waals surface area contributed by atoms with E-state index < -0.39 is 0 Å². The second-order valence-electron chi connectivity index (χ2n) is 4.01. The highest BCUT2D eigenvalue weighted by Gasteiger charge is 2.06. The zero-order valence-corrected chi connectivity index (χ0v) is 9.32. The summed E-state index contributed by atoms with van der Waals surface area (Å²) in [5.41, 5.74) is 0.926. The molecular weight excluding hydrogens is 203 g/mol. The summed E-state index contributed by atoms with van der Waals surface area (Å²) >= 11 is 0. The smallest absolute Gasteiger partial charge is 0.123 e. The van der Waals surface area contributed by atoms with Gasteiger partial charge in [0, 0.05) is 32.7 Å². The summed E-state index contributed by atoms with van der Waals surface area (Å²) in [4.78, 5) is 2.38. The minimum atomic E-state index is -0.177. The standard InChI is InChI=1S/C13H17FN2/c14-13-5-1-3-12(11-13)4-2-8-16-9-6-15-7-10-16/h1-5,11,15H,6-10H2/b4-2+.